The standard InChI is InChI=1S/C38H44N4O4/c1-25(2)45-35-12-5-8-27(20-35)18-33(43)23-31-14-16-37(41-39-31)29-10-7-11-30(22-29)38-17-15-32(40-42-38)24-34(44)19-28-9-6-13-36(21-28)46-26(3)4/h5-6,8-9,12-17,20-21,25-26,29-30H,7,10-11,18-19,22-24H2,1-4H3/t29-,30-/m0/s1. The minimum Gasteiger partial charge on any atom is -0.491 e. The predicted octanol–water partition coefficient (Wildman–Crippen LogP) is 6.99. The third kappa shape index (κ3) is 9.77. The van der Waals surface area contributed by atoms with E-state index < -0.39 is 0 Å². The number of nitrogens with zero attached hydrogens (tertiary/aromatic N) is 4. The van der Waals surface area contributed by atoms with Gasteiger partial charge in [-0.2, -0.15) is 20.4 Å². The molecule has 0 aliphatic heterocycles. The Balaban J connectivity index is 1.12. The normalized spacial score (nSPS) is 16.4. The van der Waals surface area contributed by atoms with E-state index in [1.165, 1.54) is 0 Å². The summed E-state index contributed by atoms with van der Waals surface area (Å²) in [5.74, 6) is 2.29. The summed E-state index contributed by atoms with van der Waals surface area (Å²) in [4.78, 5) is 25.5. The summed E-state index contributed by atoms with van der Waals surface area (Å²) in [6.45, 7) is 7.93. The molecule has 0 amide bonds. The zero-order valence-corrected chi connectivity index (χ0v) is 27.3. The lowest BCUT2D eigenvalue weighted by molar-refractivity contribution is -0.118. The van der Waals surface area contributed by atoms with Gasteiger partial charge in [-0.25, -0.2) is 0 Å². The molecular formula is C38H44N4O4. The third-order valence-electron chi connectivity index (χ3n) is 8.09. The molecule has 2 aromatic carbocycles. The Kier molecular flexibility index (Phi) is 11.2. The van der Waals surface area contributed by atoms with Gasteiger partial charge in [0.05, 0.1) is 47.8 Å². The van der Waals surface area contributed by atoms with Gasteiger partial charge in [0.2, 0.25) is 0 Å². The topological polar surface area (TPSA) is 104 Å². The molecule has 8 nitrogen and oxygen atoms in total. The number of ether oxygens (including phenoxy) is 2. The Morgan fingerprint density at radius 1 is 0.630 bits per heavy atom. The molecule has 1 saturated carbocycles. The van der Waals surface area contributed by atoms with Crippen LogP contribution in [0.1, 0.15) is 99.1 Å². The molecular weight excluding hydrogens is 576 g/mol. The van der Waals surface area contributed by atoms with E-state index in [1.54, 1.807) is 0 Å². The quantitative estimate of drug-likeness (QED) is 0.149. The molecule has 1 aliphatic rings. The number of benzene rings is 2. The van der Waals surface area contributed by atoms with Crippen LogP contribution in [0.25, 0.3) is 0 Å². The van der Waals surface area contributed by atoms with Crippen LogP contribution in [-0.4, -0.2) is 44.2 Å². The summed E-state index contributed by atoms with van der Waals surface area (Å²) < 4.78 is 11.5. The summed E-state index contributed by atoms with van der Waals surface area (Å²) in [5, 5.41) is 17.9. The molecule has 240 valence electrons. The molecule has 0 spiro atoms. The minimum absolute atomic E-state index is 0.0836. The second-order valence-electron chi connectivity index (χ2n) is 12.9. The molecule has 2 aromatic heterocycles. The first kappa shape index (κ1) is 32.9. The highest BCUT2D eigenvalue weighted by Crippen LogP contribution is 2.39. The second-order valence-corrected chi connectivity index (χ2v) is 12.9. The van der Waals surface area contributed by atoms with Gasteiger partial charge < -0.3 is 9.47 Å². The Bertz CT molecular complexity index is 1480. The summed E-state index contributed by atoms with van der Waals surface area (Å²) in [6, 6.07) is 23.3. The van der Waals surface area contributed by atoms with Crippen LogP contribution in [-0.2, 0) is 35.3 Å². The van der Waals surface area contributed by atoms with E-state index in [1.807, 2.05) is 100 Å². The summed E-state index contributed by atoms with van der Waals surface area (Å²) in [5.41, 5.74) is 5.14. The van der Waals surface area contributed by atoms with E-state index in [0.717, 1.165) is 59.7 Å². The number of hydrogen-bond donors (Lipinski definition) is 0. The molecule has 4 aromatic rings. The van der Waals surface area contributed by atoms with E-state index in [-0.39, 0.29) is 48.5 Å². The van der Waals surface area contributed by atoms with Gasteiger partial charge in [-0.15, -0.1) is 0 Å². The number of carbonyl (C=O) groups excluding carboxylic acids is 2. The molecule has 8 heteroatoms. The van der Waals surface area contributed by atoms with Crippen molar-refractivity contribution in [1.82, 2.24) is 20.4 Å². The van der Waals surface area contributed by atoms with Gasteiger partial charge in [0.1, 0.15) is 23.1 Å². The number of aromatic nitrogens is 4. The maximum Gasteiger partial charge on any atom is 0.143 e. The average molecular weight is 621 g/mol. The molecule has 2 atom stereocenters. The average Bonchev–Trinajstić information content (AvgIpc) is 3.01. The van der Waals surface area contributed by atoms with Gasteiger partial charge >= 0.3 is 0 Å². The van der Waals surface area contributed by atoms with Crippen LogP contribution in [0.3, 0.4) is 0 Å². The fourth-order valence-electron chi connectivity index (χ4n) is 6.08. The van der Waals surface area contributed by atoms with Crippen LogP contribution in [0.15, 0.2) is 72.8 Å². The van der Waals surface area contributed by atoms with E-state index in [2.05, 4.69) is 20.4 Å². The summed E-state index contributed by atoms with van der Waals surface area (Å²) in [6.07, 6.45) is 5.40. The first-order chi connectivity index (χ1) is 22.2. The number of ketones is 2. The third-order valence-corrected chi connectivity index (χ3v) is 8.09. The molecule has 46 heavy (non-hydrogen) atoms. The van der Waals surface area contributed by atoms with Crippen molar-refractivity contribution in [2.24, 2.45) is 0 Å². The van der Waals surface area contributed by atoms with Crippen LogP contribution < -0.4 is 9.47 Å². The maximum atomic E-state index is 12.8. The van der Waals surface area contributed by atoms with Crippen LogP contribution in [0.5, 0.6) is 11.5 Å². The molecule has 5 rings (SSSR count). The van der Waals surface area contributed by atoms with Crippen molar-refractivity contribution in [2.75, 3.05) is 0 Å². The molecule has 0 bridgehead atoms. The second kappa shape index (κ2) is 15.7. The van der Waals surface area contributed by atoms with Gasteiger partial charge in [-0.3, -0.25) is 9.59 Å². The Labute approximate surface area is 272 Å². The van der Waals surface area contributed by atoms with E-state index in [9.17, 15) is 9.59 Å². The van der Waals surface area contributed by atoms with Crippen LogP contribution in [0.4, 0.5) is 0 Å². The largest absolute Gasteiger partial charge is 0.491 e. The highest BCUT2D eigenvalue weighted by Gasteiger charge is 2.27. The molecule has 0 saturated heterocycles. The Morgan fingerprint density at radius 3 is 1.48 bits per heavy atom. The molecule has 1 aliphatic carbocycles. The molecule has 1 fully saturated rings. The summed E-state index contributed by atoms with van der Waals surface area (Å²) in [7, 11) is 0. The van der Waals surface area contributed by atoms with Gasteiger partial charge in [0, 0.05) is 24.7 Å². The van der Waals surface area contributed by atoms with Crippen molar-refractivity contribution in [2.45, 2.75) is 103 Å². The first-order valence-corrected chi connectivity index (χ1v) is 16.4. The highest BCUT2D eigenvalue weighted by molar-refractivity contribution is 5.83. The molecule has 0 N–H and O–H groups in total. The van der Waals surface area contributed by atoms with Gasteiger partial charge in [-0.05, 0) is 107 Å². The highest BCUT2D eigenvalue weighted by atomic mass is 16.5. The number of carbonyl (C=O) groups is 2. The van der Waals surface area contributed by atoms with Gasteiger partial charge in [-0.1, -0.05) is 30.7 Å². The van der Waals surface area contributed by atoms with Gasteiger partial charge in [0.15, 0.2) is 0 Å². The van der Waals surface area contributed by atoms with E-state index in [0.29, 0.717) is 24.2 Å². The monoisotopic (exact) mass is 620 g/mol. The zero-order valence-electron chi connectivity index (χ0n) is 27.3. The molecule has 0 radical (unpaired) electrons. The molecule has 2 heterocycles. The number of Topliss-reactive ketones (excluding diaryl/α,β-unsaturated/α-hetero) is 2. The summed E-state index contributed by atoms with van der Waals surface area (Å²) >= 11 is 0. The zero-order chi connectivity index (χ0) is 32.5. The minimum atomic E-state index is 0.0836. The van der Waals surface area contributed by atoms with Gasteiger partial charge in [0.25, 0.3) is 0 Å². The van der Waals surface area contributed by atoms with Crippen molar-refractivity contribution < 1.29 is 19.1 Å². The SMILES string of the molecule is CC(C)Oc1cccc(CC(=O)Cc2ccc([C@H]3CCC[C@H](c4ccc(CC(=O)Cc5cccc(OC(C)C)c5)nn4)C3)nn2)c1. The van der Waals surface area contributed by atoms with Crippen LogP contribution in [0, 0.1) is 0 Å². The fourth-order valence-corrected chi connectivity index (χ4v) is 6.08. The smallest absolute Gasteiger partial charge is 0.143 e. The lowest BCUT2D eigenvalue weighted by Crippen LogP contribution is -2.17. The fraction of sp³-hybridized carbons (Fsp3) is 0.421. The van der Waals surface area contributed by atoms with E-state index in [4.69, 9.17) is 9.47 Å². The number of hydrogen-bond acceptors (Lipinski definition) is 8. The predicted molar refractivity (Wildman–Crippen MR) is 177 cm³/mol. The van der Waals surface area contributed by atoms with Crippen molar-refractivity contribution in [3.8, 4) is 11.5 Å². The van der Waals surface area contributed by atoms with E-state index >= 15 is 0 Å². The lowest BCUT2D eigenvalue weighted by atomic mass is 9.78. The van der Waals surface area contributed by atoms with Crippen molar-refractivity contribution in [3.05, 3.63) is 107 Å². The Morgan fingerprint density at radius 2 is 1.09 bits per heavy atom. The maximum absolute atomic E-state index is 12.8. The Hall–Kier alpha value is -4.46. The van der Waals surface area contributed by atoms with Crippen LogP contribution in [0.2, 0.25) is 0 Å². The first-order valence-electron chi connectivity index (χ1n) is 16.4. The van der Waals surface area contributed by atoms with Crippen LogP contribution >= 0.6 is 0 Å². The van der Waals surface area contributed by atoms with Crippen molar-refractivity contribution in [3.63, 3.8) is 0 Å². The lowest BCUT2D eigenvalue weighted by Gasteiger charge is -2.28. The van der Waals surface area contributed by atoms with Crippen molar-refractivity contribution >= 4 is 11.6 Å². The number of rotatable bonds is 14. The van der Waals surface area contributed by atoms with Crippen molar-refractivity contribution in [1.29, 1.82) is 0 Å². The molecule has 0 unspecified atom stereocenters.